The summed E-state index contributed by atoms with van der Waals surface area (Å²) in [5, 5.41) is 9.30. The highest BCUT2D eigenvalue weighted by Crippen LogP contribution is 2.17. The summed E-state index contributed by atoms with van der Waals surface area (Å²) >= 11 is 0. The van der Waals surface area contributed by atoms with Gasteiger partial charge in [0.15, 0.2) is 6.29 Å². The molecule has 0 spiro atoms. The van der Waals surface area contributed by atoms with Crippen LogP contribution >= 0.6 is 0 Å². The third-order valence-electron chi connectivity index (χ3n) is 3.35. The number of aliphatic hydroxyl groups excluding tert-OH is 1. The van der Waals surface area contributed by atoms with Gasteiger partial charge in [-0.15, -0.1) is 0 Å². The number of esters is 1. The topological polar surface area (TPSA) is 65.0 Å². The van der Waals surface area contributed by atoms with Crippen LogP contribution in [0.5, 0.6) is 0 Å². The lowest BCUT2D eigenvalue weighted by molar-refractivity contribution is -0.164. The highest BCUT2D eigenvalue weighted by molar-refractivity contribution is 5.72. The molecule has 2 atom stereocenters. The van der Waals surface area contributed by atoms with Crippen molar-refractivity contribution in [1.82, 2.24) is 0 Å². The van der Waals surface area contributed by atoms with Gasteiger partial charge in [0.05, 0.1) is 12.5 Å². The van der Waals surface area contributed by atoms with Gasteiger partial charge < -0.3 is 19.3 Å². The molecule has 1 fully saturated rings. The molecule has 1 saturated heterocycles. The molecule has 5 nitrogen and oxygen atoms in total. The van der Waals surface area contributed by atoms with E-state index in [9.17, 15) is 9.90 Å². The van der Waals surface area contributed by atoms with E-state index >= 15 is 0 Å². The Balaban J connectivity index is 2.12. The fraction of sp³-hybridized carbons (Fsp3) is 0.938. The van der Waals surface area contributed by atoms with Crippen molar-refractivity contribution in [3.8, 4) is 0 Å². The van der Waals surface area contributed by atoms with Crippen molar-refractivity contribution in [2.45, 2.75) is 71.2 Å². The normalized spacial score (nSPS) is 21.0. The molecule has 1 N–H and O–H groups in total. The van der Waals surface area contributed by atoms with E-state index in [0.717, 1.165) is 38.7 Å². The average molecular weight is 302 g/mol. The predicted octanol–water partition coefficient (Wildman–Crippen LogP) is 2.65. The minimum atomic E-state index is -0.508. The van der Waals surface area contributed by atoms with E-state index in [0.29, 0.717) is 13.0 Å². The smallest absolute Gasteiger partial charge is 0.311 e. The molecular weight excluding hydrogens is 272 g/mol. The van der Waals surface area contributed by atoms with Gasteiger partial charge in [-0.2, -0.15) is 0 Å². The second-order valence-corrected chi connectivity index (χ2v) is 6.58. The predicted molar refractivity (Wildman–Crippen MR) is 79.8 cm³/mol. The van der Waals surface area contributed by atoms with Gasteiger partial charge in [-0.25, -0.2) is 0 Å². The molecule has 1 aliphatic heterocycles. The SMILES string of the molecule is CC(C)(C)OC(=O)C(CO)CCCCOC1CCCCO1. The molecule has 0 aromatic carbocycles. The Morgan fingerprint density at radius 1 is 1.33 bits per heavy atom. The molecule has 1 heterocycles. The Bertz CT molecular complexity index is 292. The monoisotopic (exact) mass is 302 g/mol. The number of carbonyl (C=O) groups excluding carboxylic acids is 1. The van der Waals surface area contributed by atoms with Crippen LogP contribution in [-0.2, 0) is 19.0 Å². The molecule has 0 amide bonds. The van der Waals surface area contributed by atoms with E-state index in [2.05, 4.69) is 0 Å². The number of hydrogen-bond acceptors (Lipinski definition) is 5. The van der Waals surface area contributed by atoms with E-state index in [4.69, 9.17) is 14.2 Å². The Morgan fingerprint density at radius 2 is 2.10 bits per heavy atom. The number of hydrogen-bond donors (Lipinski definition) is 1. The lowest BCUT2D eigenvalue weighted by Gasteiger charge is -2.23. The minimum Gasteiger partial charge on any atom is -0.460 e. The summed E-state index contributed by atoms with van der Waals surface area (Å²) in [6.07, 6.45) is 5.51. The van der Waals surface area contributed by atoms with E-state index < -0.39 is 11.5 Å². The molecule has 2 unspecified atom stereocenters. The molecular formula is C16H30O5. The maximum Gasteiger partial charge on any atom is 0.311 e. The first-order chi connectivity index (χ1) is 9.92. The van der Waals surface area contributed by atoms with Crippen molar-refractivity contribution >= 4 is 5.97 Å². The summed E-state index contributed by atoms with van der Waals surface area (Å²) in [4.78, 5) is 11.9. The van der Waals surface area contributed by atoms with Crippen molar-refractivity contribution in [2.24, 2.45) is 5.92 Å². The lowest BCUT2D eigenvalue weighted by atomic mass is 10.0. The van der Waals surface area contributed by atoms with Gasteiger partial charge in [-0.05, 0) is 52.9 Å². The average Bonchev–Trinajstić information content (AvgIpc) is 2.42. The van der Waals surface area contributed by atoms with Crippen LogP contribution in [0.25, 0.3) is 0 Å². The summed E-state index contributed by atoms with van der Waals surface area (Å²) in [6.45, 7) is 6.75. The maximum atomic E-state index is 11.9. The van der Waals surface area contributed by atoms with Crippen LogP contribution in [-0.4, -0.2) is 42.8 Å². The molecule has 0 aliphatic carbocycles. The van der Waals surface area contributed by atoms with Crippen LogP contribution < -0.4 is 0 Å². The number of carbonyl (C=O) groups is 1. The second kappa shape index (κ2) is 9.38. The molecule has 0 saturated carbocycles. The van der Waals surface area contributed by atoms with Gasteiger partial charge >= 0.3 is 5.97 Å². The zero-order valence-electron chi connectivity index (χ0n) is 13.6. The second-order valence-electron chi connectivity index (χ2n) is 6.58. The fourth-order valence-corrected chi connectivity index (χ4v) is 2.22. The van der Waals surface area contributed by atoms with Gasteiger partial charge in [-0.1, -0.05) is 6.42 Å². The molecule has 0 bridgehead atoms. The standard InChI is InChI=1S/C16H30O5/c1-16(2,3)21-15(18)13(12-17)8-4-6-10-19-14-9-5-7-11-20-14/h13-14,17H,4-12H2,1-3H3. The van der Waals surface area contributed by atoms with Crippen LogP contribution in [0.1, 0.15) is 59.3 Å². The summed E-state index contributed by atoms with van der Waals surface area (Å²) in [5.41, 5.74) is -0.508. The fourth-order valence-electron chi connectivity index (χ4n) is 2.22. The number of ether oxygens (including phenoxy) is 3. The Labute approximate surface area is 128 Å². The van der Waals surface area contributed by atoms with Gasteiger partial charge in [0.1, 0.15) is 5.60 Å². The largest absolute Gasteiger partial charge is 0.460 e. The highest BCUT2D eigenvalue weighted by atomic mass is 16.7. The van der Waals surface area contributed by atoms with Crippen LogP contribution in [0.3, 0.4) is 0 Å². The molecule has 124 valence electrons. The Hall–Kier alpha value is -0.650. The number of aliphatic hydroxyl groups is 1. The number of unbranched alkanes of at least 4 members (excludes halogenated alkanes) is 1. The summed E-state index contributed by atoms with van der Waals surface area (Å²) < 4.78 is 16.4. The molecule has 5 heteroatoms. The Kier molecular flexibility index (Phi) is 8.22. The van der Waals surface area contributed by atoms with E-state index in [-0.39, 0.29) is 18.9 Å². The molecule has 0 aromatic heterocycles. The quantitative estimate of drug-likeness (QED) is 0.551. The summed E-state index contributed by atoms with van der Waals surface area (Å²) in [5.74, 6) is -0.753. The molecule has 0 radical (unpaired) electrons. The molecule has 21 heavy (non-hydrogen) atoms. The van der Waals surface area contributed by atoms with E-state index in [1.807, 2.05) is 20.8 Å². The van der Waals surface area contributed by atoms with Crippen molar-refractivity contribution in [1.29, 1.82) is 0 Å². The van der Waals surface area contributed by atoms with Crippen molar-refractivity contribution < 1.29 is 24.1 Å². The van der Waals surface area contributed by atoms with Crippen LogP contribution in [0.2, 0.25) is 0 Å². The van der Waals surface area contributed by atoms with Crippen LogP contribution in [0.4, 0.5) is 0 Å². The summed E-state index contributed by atoms with van der Waals surface area (Å²) in [7, 11) is 0. The molecule has 1 rings (SSSR count). The first kappa shape index (κ1) is 18.4. The van der Waals surface area contributed by atoms with E-state index in [1.165, 1.54) is 0 Å². The first-order valence-corrected chi connectivity index (χ1v) is 7.99. The Morgan fingerprint density at radius 3 is 2.67 bits per heavy atom. The summed E-state index contributed by atoms with van der Waals surface area (Å²) in [6, 6.07) is 0. The maximum absolute atomic E-state index is 11.9. The number of rotatable bonds is 8. The van der Waals surface area contributed by atoms with Crippen molar-refractivity contribution in [3.05, 3.63) is 0 Å². The van der Waals surface area contributed by atoms with E-state index in [1.54, 1.807) is 0 Å². The third kappa shape index (κ3) is 8.39. The zero-order valence-corrected chi connectivity index (χ0v) is 13.6. The zero-order chi connectivity index (χ0) is 15.7. The lowest BCUT2D eigenvalue weighted by Crippen LogP contribution is -2.30. The van der Waals surface area contributed by atoms with Crippen LogP contribution in [0.15, 0.2) is 0 Å². The third-order valence-corrected chi connectivity index (χ3v) is 3.35. The van der Waals surface area contributed by atoms with Gasteiger partial charge in [0.2, 0.25) is 0 Å². The molecule has 0 aromatic rings. The minimum absolute atomic E-state index is 0.0572. The first-order valence-electron chi connectivity index (χ1n) is 7.99. The van der Waals surface area contributed by atoms with Crippen molar-refractivity contribution in [2.75, 3.05) is 19.8 Å². The highest BCUT2D eigenvalue weighted by Gasteiger charge is 2.24. The molecule has 1 aliphatic rings. The van der Waals surface area contributed by atoms with Crippen LogP contribution in [0, 0.1) is 5.92 Å². The van der Waals surface area contributed by atoms with Gasteiger partial charge in [0, 0.05) is 13.2 Å². The van der Waals surface area contributed by atoms with Crippen molar-refractivity contribution in [3.63, 3.8) is 0 Å². The van der Waals surface area contributed by atoms with Gasteiger partial charge in [-0.3, -0.25) is 4.79 Å². The van der Waals surface area contributed by atoms with Gasteiger partial charge in [0.25, 0.3) is 0 Å².